The molecular formula is C10H13N5O6. The molecule has 1 aromatic heterocycles. The number of H-pyrrole nitrogens is 1. The van der Waals surface area contributed by atoms with Crippen molar-refractivity contribution in [3.05, 3.63) is 43.5 Å². The quantitative estimate of drug-likeness (QED) is 0.346. The highest BCUT2D eigenvalue weighted by atomic mass is 16.7. The van der Waals surface area contributed by atoms with Gasteiger partial charge in [0.25, 0.3) is 5.56 Å². The van der Waals surface area contributed by atoms with Gasteiger partial charge in [0.05, 0.1) is 6.61 Å². The lowest BCUT2D eigenvalue weighted by Crippen LogP contribution is -2.47. The SMILES string of the molecule is CO[C@]1(CO)O[C@@H](n2ccc(=O)[nH]c2=O)C(N=[N+]=[N-])[C@@H]1O. The van der Waals surface area contributed by atoms with Gasteiger partial charge >= 0.3 is 5.69 Å². The Bertz CT molecular complexity index is 673. The second-order valence-electron chi connectivity index (χ2n) is 4.34. The summed E-state index contributed by atoms with van der Waals surface area (Å²) in [6, 6.07) is -0.165. The molecule has 1 unspecified atom stereocenters. The highest BCUT2D eigenvalue weighted by molar-refractivity contribution is 5.00. The van der Waals surface area contributed by atoms with Crippen molar-refractivity contribution in [2.75, 3.05) is 13.7 Å². The van der Waals surface area contributed by atoms with Crippen molar-refractivity contribution in [1.82, 2.24) is 9.55 Å². The van der Waals surface area contributed by atoms with Crippen molar-refractivity contribution in [3.63, 3.8) is 0 Å². The van der Waals surface area contributed by atoms with E-state index in [1.807, 2.05) is 4.98 Å². The van der Waals surface area contributed by atoms with Gasteiger partial charge in [0, 0.05) is 24.3 Å². The Morgan fingerprint density at radius 1 is 1.67 bits per heavy atom. The van der Waals surface area contributed by atoms with E-state index in [2.05, 4.69) is 10.0 Å². The van der Waals surface area contributed by atoms with Crippen molar-refractivity contribution in [3.8, 4) is 0 Å². The first-order valence-electron chi connectivity index (χ1n) is 5.86. The number of nitrogens with zero attached hydrogens (tertiary/aromatic N) is 4. The van der Waals surface area contributed by atoms with Gasteiger partial charge in [-0.3, -0.25) is 14.3 Å². The van der Waals surface area contributed by atoms with Gasteiger partial charge in [-0.25, -0.2) is 4.79 Å². The zero-order chi connectivity index (χ0) is 15.6. The van der Waals surface area contributed by atoms with Crippen molar-refractivity contribution in [2.24, 2.45) is 5.11 Å². The van der Waals surface area contributed by atoms with Gasteiger partial charge in [0.15, 0.2) is 6.23 Å². The Morgan fingerprint density at radius 3 is 2.90 bits per heavy atom. The maximum atomic E-state index is 11.8. The molecule has 2 rings (SSSR count). The molecule has 4 atom stereocenters. The van der Waals surface area contributed by atoms with Crippen molar-refractivity contribution >= 4 is 0 Å². The van der Waals surface area contributed by atoms with Crippen LogP contribution in [0.4, 0.5) is 0 Å². The highest BCUT2D eigenvalue weighted by Crippen LogP contribution is 2.38. The fraction of sp³-hybridized carbons (Fsp3) is 0.600. The van der Waals surface area contributed by atoms with Crippen LogP contribution in [0.5, 0.6) is 0 Å². The van der Waals surface area contributed by atoms with E-state index in [-0.39, 0.29) is 0 Å². The molecule has 2 heterocycles. The smallest absolute Gasteiger partial charge is 0.330 e. The van der Waals surface area contributed by atoms with Crippen molar-refractivity contribution in [1.29, 1.82) is 0 Å². The highest BCUT2D eigenvalue weighted by Gasteiger charge is 2.55. The van der Waals surface area contributed by atoms with Gasteiger partial charge in [-0.2, -0.15) is 0 Å². The lowest BCUT2D eigenvalue weighted by Gasteiger charge is -2.28. The standard InChI is InChI=1S/C10H13N5O6/c1-20-10(4-16)7(18)6(13-14-11)8(21-10)15-3-2-5(17)12-9(15)19/h2-3,6-8,16,18H,4H2,1H3,(H,12,17,19)/t6?,7-,8+,10+/m0/s1. The summed E-state index contributed by atoms with van der Waals surface area (Å²) in [6.07, 6.45) is -1.62. The van der Waals surface area contributed by atoms with E-state index in [4.69, 9.17) is 15.0 Å². The number of aliphatic hydroxyl groups is 2. The van der Waals surface area contributed by atoms with E-state index in [9.17, 15) is 19.8 Å². The molecule has 114 valence electrons. The lowest BCUT2D eigenvalue weighted by atomic mass is 10.1. The minimum absolute atomic E-state index is 0.615. The number of aromatic amines is 1. The van der Waals surface area contributed by atoms with Gasteiger partial charge in [-0.1, -0.05) is 5.11 Å². The number of azide groups is 1. The number of ether oxygens (including phenoxy) is 2. The van der Waals surface area contributed by atoms with Crippen LogP contribution in [0.3, 0.4) is 0 Å². The fourth-order valence-corrected chi connectivity index (χ4v) is 2.15. The van der Waals surface area contributed by atoms with E-state index in [1.165, 1.54) is 7.11 Å². The average molecular weight is 299 g/mol. The minimum atomic E-state index is -1.83. The molecule has 1 aliphatic rings. The molecule has 0 radical (unpaired) electrons. The largest absolute Gasteiger partial charge is 0.391 e. The molecule has 0 spiro atoms. The summed E-state index contributed by atoms with van der Waals surface area (Å²) in [5.74, 6) is -1.83. The summed E-state index contributed by atoms with van der Waals surface area (Å²) in [6.45, 7) is -0.725. The monoisotopic (exact) mass is 299 g/mol. The zero-order valence-corrected chi connectivity index (χ0v) is 10.9. The first-order valence-corrected chi connectivity index (χ1v) is 5.86. The number of nitrogens with one attached hydrogen (secondary N) is 1. The third-order valence-corrected chi connectivity index (χ3v) is 3.26. The number of rotatable bonds is 4. The predicted octanol–water partition coefficient (Wildman–Crippen LogP) is -1.56. The number of hydrogen-bond acceptors (Lipinski definition) is 7. The predicted molar refractivity (Wildman–Crippen MR) is 67.2 cm³/mol. The molecule has 11 heteroatoms. The van der Waals surface area contributed by atoms with Crippen LogP contribution < -0.4 is 11.2 Å². The molecule has 11 nitrogen and oxygen atoms in total. The van der Waals surface area contributed by atoms with E-state index in [1.54, 1.807) is 0 Å². The Morgan fingerprint density at radius 2 is 2.38 bits per heavy atom. The number of aromatic nitrogens is 2. The molecule has 0 bridgehead atoms. The molecular weight excluding hydrogens is 286 g/mol. The normalized spacial score (nSPS) is 31.9. The topological polar surface area (TPSA) is 163 Å². The van der Waals surface area contributed by atoms with Crippen LogP contribution in [0, 0.1) is 0 Å². The lowest BCUT2D eigenvalue weighted by molar-refractivity contribution is -0.269. The first-order chi connectivity index (χ1) is 9.99. The van der Waals surface area contributed by atoms with E-state index in [0.29, 0.717) is 0 Å². The van der Waals surface area contributed by atoms with Crippen LogP contribution in [0.2, 0.25) is 0 Å². The maximum Gasteiger partial charge on any atom is 0.330 e. The molecule has 1 fully saturated rings. The van der Waals surface area contributed by atoms with E-state index >= 15 is 0 Å². The van der Waals surface area contributed by atoms with Crippen LogP contribution in [0.15, 0.2) is 27.0 Å². The van der Waals surface area contributed by atoms with Crippen molar-refractivity contribution < 1.29 is 19.7 Å². The van der Waals surface area contributed by atoms with E-state index < -0.39 is 42.0 Å². The molecule has 1 aromatic rings. The number of aliphatic hydroxyl groups excluding tert-OH is 2. The van der Waals surface area contributed by atoms with Crippen LogP contribution in [0.1, 0.15) is 6.23 Å². The first kappa shape index (κ1) is 15.2. The number of hydrogen-bond donors (Lipinski definition) is 3. The Kier molecular flexibility index (Phi) is 4.11. The Labute approximate surface area is 117 Å². The Balaban J connectivity index is 2.53. The molecule has 0 amide bonds. The summed E-state index contributed by atoms with van der Waals surface area (Å²) < 4.78 is 11.3. The summed E-state index contributed by atoms with van der Waals surface area (Å²) in [5.41, 5.74) is 7.15. The van der Waals surface area contributed by atoms with Gasteiger partial charge in [0.1, 0.15) is 12.1 Å². The van der Waals surface area contributed by atoms with E-state index in [0.717, 1.165) is 16.8 Å². The van der Waals surface area contributed by atoms with Gasteiger partial charge < -0.3 is 19.7 Å². The van der Waals surface area contributed by atoms with Crippen LogP contribution in [-0.2, 0) is 9.47 Å². The third kappa shape index (κ3) is 2.44. The van der Waals surface area contributed by atoms with Gasteiger partial charge in [-0.05, 0) is 5.53 Å². The summed E-state index contributed by atoms with van der Waals surface area (Å²) >= 11 is 0. The molecule has 0 aliphatic carbocycles. The Hall–Kier alpha value is -2.17. The molecule has 1 saturated heterocycles. The van der Waals surface area contributed by atoms with Crippen LogP contribution in [-0.4, -0.2) is 51.4 Å². The minimum Gasteiger partial charge on any atom is -0.391 e. The second-order valence-corrected chi connectivity index (χ2v) is 4.34. The molecule has 0 aromatic carbocycles. The average Bonchev–Trinajstić information content (AvgIpc) is 2.74. The van der Waals surface area contributed by atoms with Crippen LogP contribution in [0.25, 0.3) is 10.4 Å². The maximum absolute atomic E-state index is 11.8. The second kappa shape index (κ2) is 5.68. The summed E-state index contributed by atoms with van der Waals surface area (Å²) in [7, 11) is 1.19. The van der Waals surface area contributed by atoms with Gasteiger partial charge in [-0.15, -0.1) is 0 Å². The van der Waals surface area contributed by atoms with Crippen LogP contribution >= 0.6 is 0 Å². The number of methoxy groups -OCH3 is 1. The molecule has 0 saturated carbocycles. The molecule has 3 N–H and O–H groups in total. The molecule has 21 heavy (non-hydrogen) atoms. The molecule has 1 aliphatic heterocycles. The summed E-state index contributed by atoms with van der Waals surface area (Å²) in [5, 5.41) is 22.9. The zero-order valence-electron chi connectivity index (χ0n) is 10.9. The van der Waals surface area contributed by atoms with Crippen molar-refractivity contribution in [2.45, 2.75) is 24.2 Å². The third-order valence-electron chi connectivity index (χ3n) is 3.26. The summed E-state index contributed by atoms with van der Waals surface area (Å²) in [4.78, 5) is 27.4. The fourth-order valence-electron chi connectivity index (χ4n) is 2.15. The van der Waals surface area contributed by atoms with Gasteiger partial charge in [0.2, 0.25) is 5.79 Å².